The van der Waals surface area contributed by atoms with Crippen molar-refractivity contribution in [1.82, 2.24) is 0 Å². The monoisotopic (exact) mass is 796 g/mol. The molecule has 0 atom stereocenters. The van der Waals surface area contributed by atoms with Crippen LogP contribution < -0.4 is 10.9 Å². The predicted molar refractivity (Wildman–Crippen MR) is 174 cm³/mol. The highest BCUT2D eigenvalue weighted by Crippen LogP contribution is 2.48. The third-order valence-electron chi connectivity index (χ3n) is 7.62. The van der Waals surface area contributed by atoms with Crippen LogP contribution in [0.5, 0.6) is 0 Å². The van der Waals surface area contributed by atoms with Crippen LogP contribution in [0, 0.1) is 0 Å². The molecule has 0 aliphatic carbocycles. The number of halogens is 5. The van der Waals surface area contributed by atoms with E-state index < -0.39 is 0 Å². The molecule has 0 heterocycles. The lowest BCUT2D eigenvalue weighted by molar-refractivity contribution is 1.62. The molecule has 0 bridgehead atoms. The minimum atomic E-state index is -0.0186. The number of benzene rings is 8. The summed E-state index contributed by atoms with van der Waals surface area (Å²) >= 11 is 18.3. The van der Waals surface area contributed by atoms with Gasteiger partial charge in [0.1, 0.15) is 0 Å². The molecule has 0 spiro atoms. The molecule has 8 rings (SSSR count). The van der Waals surface area contributed by atoms with Crippen LogP contribution >= 0.6 is 79.6 Å². The van der Waals surface area contributed by atoms with Gasteiger partial charge in [-0.3, -0.25) is 9.59 Å². The fourth-order valence-corrected chi connectivity index (χ4v) is 9.11. The second-order valence-electron chi connectivity index (χ2n) is 9.36. The van der Waals surface area contributed by atoms with E-state index in [1.165, 1.54) is 0 Å². The van der Waals surface area contributed by atoms with Gasteiger partial charge in [0.05, 0.1) is 0 Å². The van der Waals surface area contributed by atoms with Crippen LogP contribution in [0.3, 0.4) is 0 Å². The topological polar surface area (TPSA) is 34.1 Å². The Kier molecular flexibility index (Phi) is 4.73. The fourth-order valence-electron chi connectivity index (χ4n) is 6.18. The largest absolute Gasteiger partial charge is 0.289 e. The Morgan fingerprint density at radius 3 is 1.43 bits per heavy atom. The quantitative estimate of drug-likeness (QED) is 0.0870. The standard InChI is InChI=1S/C30H9Br5O2/c31-16-5-6-17(32)26-24(16)14-7-10-2-4-13-23-15(25-18(33)9-19(34)28(35)27(25)30(13)37)8-11-1-3-12(29(26)36)22(14)20(11)21(10)23/h1-9H. The normalized spacial score (nSPS) is 12.7. The molecule has 0 aliphatic rings. The molecular weight excluding hydrogens is 792 g/mol. The Morgan fingerprint density at radius 2 is 0.865 bits per heavy atom. The summed E-state index contributed by atoms with van der Waals surface area (Å²) in [5.74, 6) is 0. The molecular formula is C30H9Br5O2. The maximum Gasteiger partial charge on any atom is 0.195 e. The Bertz CT molecular complexity index is 2450. The van der Waals surface area contributed by atoms with Crippen LogP contribution in [0.2, 0.25) is 0 Å². The van der Waals surface area contributed by atoms with Gasteiger partial charge in [-0.2, -0.15) is 0 Å². The van der Waals surface area contributed by atoms with Gasteiger partial charge in [-0.25, -0.2) is 0 Å². The number of hydrogen-bond acceptors (Lipinski definition) is 2. The molecule has 0 amide bonds. The van der Waals surface area contributed by atoms with Crippen LogP contribution in [0.25, 0.3) is 75.4 Å². The zero-order chi connectivity index (χ0) is 25.5. The highest BCUT2D eigenvalue weighted by atomic mass is 79.9. The van der Waals surface area contributed by atoms with Crippen LogP contribution in [-0.4, -0.2) is 0 Å². The lowest BCUT2D eigenvalue weighted by Gasteiger charge is -2.20. The van der Waals surface area contributed by atoms with Crippen molar-refractivity contribution in [3.8, 4) is 0 Å². The van der Waals surface area contributed by atoms with Gasteiger partial charge in [-0.05, 0) is 107 Å². The van der Waals surface area contributed by atoms with Gasteiger partial charge in [0.15, 0.2) is 10.9 Å². The van der Waals surface area contributed by atoms with Crippen molar-refractivity contribution in [2.24, 2.45) is 0 Å². The highest BCUT2D eigenvalue weighted by molar-refractivity contribution is 9.13. The summed E-state index contributed by atoms with van der Waals surface area (Å²) in [7, 11) is 0. The van der Waals surface area contributed by atoms with Crippen molar-refractivity contribution in [2.75, 3.05) is 0 Å². The molecule has 37 heavy (non-hydrogen) atoms. The highest BCUT2D eigenvalue weighted by Gasteiger charge is 2.24. The van der Waals surface area contributed by atoms with Crippen LogP contribution in [0.4, 0.5) is 0 Å². The van der Waals surface area contributed by atoms with Crippen molar-refractivity contribution in [2.45, 2.75) is 0 Å². The first-order chi connectivity index (χ1) is 17.8. The lowest BCUT2D eigenvalue weighted by atomic mass is 9.84. The van der Waals surface area contributed by atoms with Gasteiger partial charge >= 0.3 is 0 Å². The second-order valence-corrected chi connectivity index (χ2v) is 13.6. The van der Waals surface area contributed by atoms with E-state index in [0.29, 0.717) is 21.5 Å². The maximum absolute atomic E-state index is 13.9. The molecule has 0 fully saturated rings. The van der Waals surface area contributed by atoms with Crippen molar-refractivity contribution >= 4 is 155 Å². The summed E-state index contributed by atoms with van der Waals surface area (Å²) in [5, 5.41) is 12.5. The van der Waals surface area contributed by atoms with E-state index in [4.69, 9.17) is 0 Å². The lowest BCUT2D eigenvalue weighted by Crippen LogP contribution is -2.07. The van der Waals surface area contributed by atoms with Crippen molar-refractivity contribution < 1.29 is 0 Å². The van der Waals surface area contributed by atoms with Gasteiger partial charge < -0.3 is 0 Å². The van der Waals surface area contributed by atoms with E-state index >= 15 is 0 Å². The first kappa shape index (κ1) is 23.0. The van der Waals surface area contributed by atoms with Gasteiger partial charge in [-0.1, -0.05) is 59.9 Å². The van der Waals surface area contributed by atoms with Crippen LogP contribution in [0.15, 0.2) is 86.5 Å². The summed E-state index contributed by atoms with van der Waals surface area (Å²) in [6.45, 7) is 0. The summed E-state index contributed by atoms with van der Waals surface area (Å²) in [6, 6.07) is 18.2. The molecule has 2 nitrogen and oxygen atoms in total. The van der Waals surface area contributed by atoms with Gasteiger partial charge in [-0.15, -0.1) is 0 Å². The number of rotatable bonds is 0. The van der Waals surface area contributed by atoms with Crippen LogP contribution in [0.1, 0.15) is 0 Å². The average molecular weight is 801 g/mol. The first-order valence-electron chi connectivity index (χ1n) is 11.3. The average Bonchev–Trinajstić information content (AvgIpc) is 2.88. The predicted octanol–water partition coefficient (Wildman–Crippen LogP) is 10.6. The summed E-state index contributed by atoms with van der Waals surface area (Å²) in [4.78, 5) is 27.7. The smallest absolute Gasteiger partial charge is 0.195 e. The molecule has 0 radical (unpaired) electrons. The van der Waals surface area contributed by atoms with E-state index in [2.05, 4.69) is 91.8 Å². The number of hydrogen-bond donors (Lipinski definition) is 0. The molecule has 0 aromatic heterocycles. The van der Waals surface area contributed by atoms with Crippen molar-refractivity contribution in [3.63, 3.8) is 0 Å². The second kappa shape index (κ2) is 7.60. The first-order valence-corrected chi connectivity index (χ1v) is 15.3. The Balaban J connectivity index is 1.78. The summed E-state index contributed by atoms with van der Waals surface area (Å²) < 4.78 is 4.08. The fraction of sp³-hybridized carbons (Fsp3) is 0. The molecule has 0 N–H and O–H groups in total. The molecule has 8 aromatic rings. The Hall–Kier alpha value is -1.90. The van der Waals surface area contributed by atoms with E-state index in [-0.39, 0.29) is 10.9 Å². The zero-order valence-electron chi connectivity index (χ0n) is 18.4. The molecule has 0 saturated carbocycles. The van der Waals surface area contributed by atoms with E-state index in [1.807, 2.05) is 42.5 Å². The molecule has 7 heteroatoms. The summed E-state index contributed by atoms with van der Waals surface area (Å²) in [5.41, 5.74) is -0.0194. The summed E-state index contributed by atoms with van der Waals surface area (Å²) in [6.07, 6.45) is 0. The van der Waals surface area contributed by atoms with Gasteiger partial charge in [0, 0.05) is 65.5 Å². The molecule has 8 aromatic carbocycles. The van der Waals surface area contributed by atoms with Gasteiger partial charge in [0.25, 0.3) is 0 Å². The molecule has 176 valence electrons. The maximum atomic E-state index is 13.9. The minimum Gasteiger partial charge on any atom is -0.289 e. The van der Waals surface area contributed by atoms with E-state index in [0.717, 1.165) is 76.2 Å². The minimum absolute atomic E-state index is 0.000836. The zero-order valence-corrected chi connectivity index (χ0v) is 26.3. The van der Waals surface area contributed by atoms with Crippen molar-refractivity contribution in [1.29, 1.82) is 0 Å². The van der Waals surface area contributed by atoms with E-state index in [1.54, 1.807) is 0 Å². The van der Waals surface area contributed by atoms with Crippen molar-refractivity contribution in [3.05, 3.63) is 97.4 Å². The third-order valence-corrected chi connectivity index (χ3v) is 11.5. The SMILES string of the molecule is O=c1c2ccc3cc4c5c(Br)cc(Br)c(Br)c5c(=O)c5ccc6cc(c7c(Br)ccc(Br)c17)c2c3c6c54. The number of fused-ring (bicyclic) bond motifs is 4. The molecule has 0 saturated heterocycles. The Labute approximate surface area is 250 Å². The third kappa shape index (κ3) is 2.75. The Morgan fingerprint density at radius 1 is 0.378 bits per heavy atom. The van der Waals surface area contributed by atoms with Crippen LogP contribution in [-0.2, 0) is 0 Å². The van der Waals surface area contributed by atoms with Gasteiger partial charge in [0.2, 0.25) is 0 Å². The van der Waals surface area contributed by atoms with E-state index in [9.17, 15) is 9.59 Å². The molecule has 0 unspecified atom stereocenters. The molecule has 0 aliphatic heterocycles.